The number of aromatic nitrogens is 1. The van der Waals surface area contributed by atoms with Gasteiger partial charge in [0.25, 0.3) is 5.91 Å². The molecule has 0 spiro atoms. The maximum absolute atomic E-state index is 11.9. The molecule has 0 bridgehead atoms. The number of anilines is 1. The first-order valence-electron chi connectivity index (χ1n) is 6.75. The normalized spacial score (nSPS) is 11.0. The largest absolute Gasteiger partial charge is 0.452 e. The molecule has 10 heteroatoms. The number of nitrogens with zero attached hydrogens (tertiary/aromatic N) is 1. The molecule has 2 aromatic rings. The van der Waals surface area contributed by atoms with Gasteiger partial charge in [-0.15, -0.1) is 0 Å². The van der Waals surface area contributed by atoms with Crippen LogP contribution >= 0.6 is 23.2 Å². The molecule has 0 aliphatic carbocycles. The molecule has 7 nitrogen and oxygen atoms in total. The van der Waals surface area contributed by atoms with Gasteiger partial charge in [-0.2, -0.15) is 0 Å². The van der Waals surface area contributed by atoms with Gasteiger partial charge in [0, 0.05) is 12.5 Å². The highest BCUT2D eigenvalue weighted by atomic mass is 35.5. The van der Waals surface area contributed by atoms with Crippen molar-refractivity contribution in [1.29, 1.82) is 0 Å². The molecular weight excluding hydrogens is 391 g/mol. The van der Waals surface area contributed by atoms with E-state index in [0.29, 0.717) is 5.02 Å². The van der Waals surface area contributed by atoms with Crippen molar-refractivity contribution in [3.63, 3.8) is 0 Å². The summed E-state index contributed by atoms with van der Waals surface area (Å²) in [5, 5.41) is 2.80. The molecule has 1 aromatic heterocycles. The summed E-state index contributed by atoms with van der Waals surface area (Å²) in [6.45, 7) is -0.595. The first kappa shape index (κ1) is 19.2. The third-order valence-electron chi connectivity index (χ3n) is 2.90. The molecule has 0 aliphatic heterocycles. The van der Waals surface area contributed by atoms with E-state index in [1.54, 1.807) is 0 Å². The van der Waals surface area contributed by atoms with Crippen LogP contribution in [0.3, 0.4) is 0 Å². The molecule has 0 saturated carbocycles. The summed E-state index contributed by atoms with van der Waals surface area (Å²) in [6.07, 6.45) is 2.32. The van der Waals surface area contributed by atoms with Gasteiger partial charge in [0.15, 0.2) is 22.3 Å². The highest BCUT2D eigenvalue weighted by molar-refractivity contribution is 7.90. The van der Waals surface area contributed by atoms with Crippen molar-refractivity contribution in [2.75, 3.05) is 18.2 Å². The second-order valence-electron chi connectivity index (χ2n) is 4.91. The average molecular weight is 403 g/mol. The van der Waals surface area contributed by atoms with Crippen LogP contribution < -0.4 is 5.32 Å². The van der Waals surface area contributed by atoms with Gasteiger partial charge in [-0.05, 0) is 24.3 Å². The molecule has 2 rings (SSSR count). The van der Waals surface area contributed by atoms with Crippen molar-refractivity contribution in [2.24, 2.45) is 0 Å². The molecule has 0 fully saturated rings. The number of rotatable bonds is 5. The minimum atomic E-state index is -3.46. The van der Waals surface area contributed by atoms with Crippen molar-refractivity contribution < 1.29 is 22.7 Å². The van der Waals surface area contributed by atoms with Gasteiger partial charge in [0.05, 0.1) is 20.5 Å². The molecule has 0 unspecified atom stereocenters. The van der Waals surface area contributed by atoms with Crippen LogP contribution in [0.15, 0.2) is 41.4 Å². The van der Waals surface area contributed by atoms with E-state index in [0.717, 1.165) is 6.26 Å². The molecule has 0 aliphatic rings. The molecule has 1 aromatic carbocycles. The number of carbonyl (C=O) groups excluding carboxylic acids is 2. The van der Waals surface area contributed by atoms with Gasteiger partial charge >= 0.3 is 5.97 Å². The molecule has 1 heterocycles. The number of amides is 1. The van der Waals surface area contributed by atoms with Gasteiger partial charge in [0.1, 0.15) is 0 Å². The van der Waals surface area contributed by atoms with Crippen LogP contribution in [0.2, 0.25) is 10.0 Å². The topological polar surface area (TPSA) is 102 Å². The average Bonchev–Trinajstić information content (AvgIpc) is 2.54. The zero-order valence-corrected chi connectivity index (χ0v) is 15.2. The second-order valence-corrected chi connectivity index (χ2v) is 7.77. The number of nitrogens with one attached hydrogen (secondary N) is 1. The number of sulfone groups is 1. The standard InChI is InChI=1S/C15H12Cl2N2O5S/c1-25(22,23)11-4-2-3-9(5-11)15(21)24-8-13(20)19-14-12(17)6-10(16)7-18-14/h2-7H,8H2,1H3,(H,18,19,20). The molecule has 0 radical (unpaired) electrons. The molecule has 0 atom stereocenters. The van der Waals surface area contributed by atoms with Crippen molar-refractivity contribution in [1.82, 2.24) is 4.98 Å². The summed E-state index contributed by atoms with van der Waals surface area (Å²) < 4.78 is 27.8. The Morgan fingerprint density at radius 3 is 2.60 bits per heavy atom. The smallest absolute Gasteiger partial charge is 0.338 e. The lowest BCUT2D eigenvalue weighted by molar-refractivity contribution is -0.119. The molecular formula is C15H12Cl2N2O5S. The Bertz CT molecular complexity index is 931. The number of hydrogen-bond donors (Lipinski definition) is 1. The maximum Gasteiger partial charge on any atom is 0.338 e. The van der Waals surface area contributed by atoms with Crippen LogP contribution in [0, 0.1) is 0 Å². The predicted molar refractivity (Wildman–Crippen MR) is 92.7 cm³/mol. The van der Waals surface area contributed by atoms with E-state index in [2.05, 4.69) is 10.3 Å². The fourth-order valence-corrected chi connectivity index (χ4v) is 2.84. The van der Waals surface area contributed by atoms with Crippen LogP contribution in [-0.2, 0) is 19.4 Å². The number of carbonyl (C=O) groups is 2. The van der Waals surface area contributed by atoms with Crippen LogP contribution in [0.4, 0.5) is 5.82 Å². The van der Waals surface area contributed by atoms with Gasteiger partial charge in [-0.1, -0.05) is 29.3 Å². The van der Waals surface area contributed by atoms with E-state index < -0.39 is 28.3 Å². The highest BCUT2D eigenvalue weighted by Gasteiger charge is 2.15. The molecule has 1 amide bonds. The minimum absolute atomic E-state index is 0.0124. The lowest BCUT2D eigenvalue weighted by Gasteiger charge is -2.08. The van der Waals surface area contributed by atoms with Crippen molar-refractivity contribution in [3.05, 3.63) is 52.1 Å². The van der Waals surface area contributed by atoms with E-state index in [4.69, 9.17) is 27.9 Å². The molecule has 1 N–H and O–H groups in total. The minimum Gasteiger partial charge on any atom is -0.452 e. The zero-order chi connectivity index (χ0) is 18.6. The maximum atomic E-state index is 11.9. The number of benzene rings is 1. The number of esters is 1. The summed E-state index contributed by atoms with van der Waals surface area (Å²) in [7, 11) is -3.46. The quantitative estimate of drug-likeness (QED) is 0.770. The van der Waals surface area contributed by atoms with E-state index in [9.17, 15) is 18.0 Å². The predicted octanol–water partition coefficient (Wildman–Crippen LogP) is 2.59. The first-order chi connectivity index (χ1) is 11.7. The van der Waals surface area contributed by atoms with E-state index >= 15 is 0 Å². The van der Waals surface area contributed by atoms with Crippen LogP contribution in [0.1, 0.15) is 10.4 Å². The van der Waals surface area contributed by atoms with Crippen molar-refractivity contribution in [2.45, 2.75) is 4.90 Å². The second kappa shape index (κ2) is 7.81. The molecule has 0 saturated heterocycles. The molecule has 25 heavy (non-hydrogen) atoms. The van der Waals surface area contributed by atoms with Crippen molar-refractivity contribution in [3.8, 4) is 0 Å². The number of ether oxygens (including phenoxy) is 1. The lowest BCUT2D eigenvalue weighted by Crippen LogP contribution is -2.21. The Balaban J connectivity index is 1.99. The third-order valence-corrected chi connectivity index (χ3v) is 4.50. The number of pyridine rings is 1. The zero-order valence-electron chi connectivity index (χ0n) is 12.8. The fraction of sp³-hybridized carbons (Fsp3) is 0.133. The van der Waals surface area contributed by atoms with Gasteiger partial charge in [0.2, 0.25) is 0 Å². The Kier molecular flexibility index (Phi) is 5.99. The van der Waals surface area contributed by atoms with E-state index in [1.807, 2.05) is 0 Å². The lowest BCUT2D eigenvalue weighted by atomic mass is 10.2. The van der Waals surface area contributed by atoms with Gasteiger partial charge in [-0.25, -0.2) is 18.2 Å². The monoisotopic (exact) mass is 402 g/mol. The fourth-order valence-electron chi connectivity index (χ4n) is 1.74. The van der Waals surface area contributed by atoms with E-state index in [-0.39, 0.29) is 21.3 Å². The van der Waals surface area contributed by atoms with Crippen LogP contribution in [0.5, 0.6) is 0 Å². The van der Waals surface area contributed by atoms with E-state index in [1.165, 1.54) is 36.5 Å². The summed E-state index contributed by atoms with van der Waals surface area (Å²) in [6, 6.07) is 6.71. The summed E-state index contributed by atoms with van der Waals surface area (Å²) in [5.41, 5.74) is 0.0124. The highest BCUT2D eigenvalue weighted by Crippen LogP contribution is 2.22. The molecule has 132 valence electrons. The Morgan fingerprint density at radius 1 is 1.24 bits per heavy atom. The van der Waals surface area contributed by atoms with Crippen molar-refractivity contribution >= 4 is 50.7 Å². The Labute approximate surface area is 153 Å². The van der Waals surface area contributed by atoms with Crippen LogP contribution in [0.25, 0.3) is 0 Å². The van der Waals surface area contributed by atoms with Crippen LogP contribution in [-0.4, -0.2) is 38.1 Å². The number of halogens is 2. The Morgan fingerprint density at radius 2 is 1.96 bits per heavy atom. The van der Waals surface area contributed by atoms with Gasteiger partial charge < -0.3 is 10.1 Å². The summed E-state index contributed by atoms with van der Waals surface area (Å²) in [5.74, 6) is -1.42. The Hall–Kier alpha value is -2.16. The number of hydrogen-bond acceptors (Lipinski definition) is 6. The summed E-state index contributed by atoms with van der Waals surface area (Å²) >= 11 is 11.6. The third kappa shape index (κ3) is 5.42. The summed E-state index contributed by atoms with van der Waals surface area (Å²) in [4.78, 5) is 27.5. The van der Waals surface area contributed by atoms with Gasteiger partial charge in [-0.3, -0.25) is 4.79 Å². The first-order valence-corrected chi connectivity index (χ1v) is 9.39. The SMILES string of the molecule is CS(=O)(=O)c1cccc(C(=O)OCC(=O)Nc2ncc(Cl)cc2Cl)c1.